The molecule has 1 amide bonds. The van der Waals surface area contributed by atoms with Crippen LogP contribution in [0.25, 0.3) is 0 Å². The number of carbonyl (C=O) groups excluding carboxylic acids is 1. The van der Waals surface area contributed by atoms with E-state index in [1.165, 1.54) is 24.3 Å². The van der Waals surface area contributed by atoms with E-state index in [4.69, 9.17) is 10.5 Å². The monoisotopic (exact) mass is 377 g/mol. The van der Waals surface area contributed by atoms with Crippen molar-refractivity contribution in [1.82, 2.24) is 10.0 Å². The highest BCUT2D eigenvalue weighted by atomic mass is 35.5. The van der Waals surface area contributed by atoms with Crippen molar-refractivity contribution in [3.63, 3.8) is 0 Å². The average Bonchev–Trinajstić information content (AvgIpc) is 2.54. The normalized spacial score (nSPS) is 17.0. The van der Waals surface area contributed by atoms with Gasteiger partial charge in [-0.1, -0.05) is 0 Å². The quantitative estimate of drug-likeness (QED) is 0.641. The summed E-state index contributed by atoms with van der Waals surface area (Å²) in [5.74, 6) is -0.587. The number of hydrogen-bond acceptors (Lipinski definition) is 5. The van der Waals surface area contributed by atoms with Crippen molar-refractivity contribution in [2.24, 2.45) is 11.1 Å². The van der Waals surface area contributed by atoms with Gasteiger partial charge in [0.25, 0.3) is 0 Å². The van der Waals surface area contributed by atoms with Crippen molar-refractivity contribution in [1.29, 1.82) is 0 Å². The first-order valence-electron chi connectivity index (χ1n) is 7.48. The molecule has 1 aliphatic rings. The molecule has 7 nitrogen and oxygen atoms in total. The number of ether oxygens (including phenoxy) is 1. The third-order valence-electron chi connectivity index (χ3n) is 4.20. The minimum absolute atomic E-state index is 0. The summed E-state index contributed by atoms with van der Waals surface area (Å²) in [6.07, 6.45) is 1.70. The lowest BCUT2D eigenvalue weighted by Crippen LogP contribution is -2.47. The maximum Gasteiger partial charge on any atom is 0.248 e. The molecule has 0 bridgehead atoms. The molecule has 0 radical (unpaired) electrons. The van der Waals surface area contributed by atoms with Crippen LogP contribution in [0.1, 0.15) is 23.2 Å². The Morgan fingerprint density at radius 2 is 1.88 bits per heavy atom. The number of benzene rings is 1. The number of carbonyl (C=O) groups is 1. The zero-order chi connectivity index (χ0) is 16.9. The minimum Gasteiger partial charge on any atom is -0.384 e. The Morgan fingerprint density at radius 3 is 2.38 bits per heavy atom. The first-order valence-corrected chi connectivity index (χ1v) is 8.96. The summed E-state index contributed by atoms with van der Waals surface area (Å²) >= 11 is 0. The molecule has 1 aromatic rings. The van der Waals surface area contributed by atoms with Crippen LogP contribution in [0, 0.1) is 5.41 Å². The van der Waals surface area contributed by atoms with E-state index in [1.54, 1.807) is 7.11 Å². The molecular weight excluding hydrogens is 354 g/mol. The van der Waals surface area contributed by atoms with Crippen molar-refractivity contribution < 1.29 is 17.9 Å². The topological polar surface area (TPSA) is 111 Å². The number of rotatable bonds is 7. The van der Waals surface area contributed by atoms with Crippen molar-refractivity contribution in [3.05, 3.63) is 29.8 Å². The van der Waals surface area contributed by atoms with Gasteiger partial charge in [-0.2, -0.15) is 0 Å². The number of sulfonamides is 1. The predicted octanol–water partition coefficient (Wildman–Crippen LogP) is 0.502. The number of primary amides is 1. The van der Waals surface area contributed by atoms with Crippen LogP contribution < -0.4 is 15.8 Å². The van der Waals surface area contributed by atoms with Gasteiger partial charge in [0.15, 0.2) is 0 Å². The van der Waals surface area contributed by atoms with Crippen molar-refractivity contribution >= 4 is 28.3 Å². The van der Waals surface area contributed by atoms with Gasteiger partial charge < -0.3 is 15.8 Å². The number of amides is 1. The van der Waals surface area contributed by atoms with Gasteiger partial charge >= 0.3 is 0 Å². The average molecular weight is 378 g/mol. The molecule has 0 spiro atoms. The van der Waals surface area contributed by atoms with Gasteiger partial charge in [-0.3, -0.25) is 4.79 Å². The molecular formula is C15H24ClN3O4S. The summed E-state index contributed by atoms with van der Waals surface area (Å²) in [6, 6.07) is 5.58. The van der Waals surface area contributed by atoms with Gasteiger partial charge in [0.2, 0.25) is 15.9 Å². The molecule has 2 rings (SSSR count). The number of halogens is 1. The Kier molecular flexibility index (Phi) is 7.62. The smallest absolute Gasteiger partial charge is 0.248 e. The molecule has 24 heavy (non-hydrogen) atoms. The van der Waals surface area contributed by atoms with E-state index >= 15 is 0 Å². The van der Waals surface area contributed by atoms with E-state index in [0.29, 0.717) is 13.2 Å². The Bertz CT molecular complexity index is 638. The highest BCUT2D eigenvalue weighted by molar-refractivity contribution is 7.89. The van der Waals surface area contributed by atoms with Crippen molar-refractivity contribution in [3.8, 4) is 0 Å². The second kappa shape index (κ2) is 8.77. The standard InChI is InChI=1S/C15H23N3O4S.ClH/c1-22-11-15(6-8-17-9-7-15)10-18-23(20,21)13-4-2-12(3-5-13)14(16)19;/h2-5,17-18H,6-11H2,1H3,(H2,16,19);1H. The highest BCUT2D eigenvalue weighted by Gasteiger charge is 2.33. The summed E-state index contributed by atoms with van der Waals surface area (Å²) in [6.45, 7) is 2.52. The summed E-state index contributed by atoms with van der Waals surface area (Å²) in [5.41, 5.74) is 5.24. The van der Waals surface area contributed by atoms with Crippen LogP contribution in [0.4, 0.5) is 0 Å². The van der Waals surface area contributed by atoms with Gasteiger partial charge in [-0.05, 0) is 50.2 Å². The third-order valence-corrected chi connectivity index (χ3v) is 5.62. The van der Waals surface area contributed by atoms with Crippen LogP contribution in [-0.2, 0) is 14.8 Å². The summed E-state index contributed by atoms with van der Waals surface area (Å²) < 4.78 is 32.8. The lowest BCUT2D eigenvalue weighted by atomic mass is 9.80. The fraction of sp³-hybridized carbons (Fsp3) is 0.533. The number of nitrogens with one attached hydrogen (secondary N) is 2. The molecule has 1 aliphatic heterocycles. The molecule has 1 fully saturated rings. The molecule has 0 unspecified atom stereocenters. The maximum absolute atomic E-state index is 12.4. The molecule has 0 aliphatic carbocycles. The van der Waals surface area contributed by atoms with E-state index < -0.39 is 15.9 Å². The van der Waals surface area contributed by atoms with Gasteiger partial charge in [-0.15, -0.1) is 12.4 Å². The largest absolute Gasteiger partial charge is 0.384 e. The Hall–Kier alpha value is -1.19. The van der Waals surface area contributed by atoms with E-state index in [9.17, 15) is 13.2 Å². The van der Waals surface area contributed by atoms with Gasteiger partial charge in [0, 0.05) is 24.6 Å². The van der Waals surface area contributed by atoms with Gasteiger partial charge in [0.05, 0.1) is 11.5 Å². The molecule has 0 saturated carbocycles. The van der Waals surface area contributed by atoms with Crippen LogP contribution in [0.15, 0.2) is 29.2 Å². The number of piperidine rings is 1. The number of methoxy groups -OCH3 is 1. The fourth-order valence-corrected chi connectivity index (χ4v) is 3.92. The zero-order valence-corrected chi connectivity index (χ0v) is 15.2. The van der Waals surface area contributed by atoms with Crippen LogP contribution in [0.5, 0.6) is 0 Å². The Morgan fingerprint density at radius 1 is 1.29 bits per heavy atom. The van der Waals surface area contributed by atoms with Crippen LogP contribution in [0.2, 0.25) is 0 Å². The molecule has 136 valence electrons. The van der Waals surface area contributed by atoms with Gasteiger partial charge in [-0.25, -0.2) is 13.1 Å². The Balaban J connectivity index is 0.00000288. The highest BCUT2D eigenvalue weighted by Crippen LogP contribution is 2.28. The second-order valence-electron chi connectivity index (χ2n) is 5.90. The first kappa shape index (κ1) is 20.9. The van der Waals surface area contributed by atoms with Crippen LogP contribution in [0.3, 0.4) is 0 Å². The molecule has 1 saturated heterocycles. The molecule has 0 atom stereocenters. The summed E-state index contributed by atoms with van der Waals surface area (Å²) in [5, 5.41) is 3.27. The minimum atomic E-state index is -3.64. The van der Waals surface area contributed by atoms with Crippen LogP contribution in [-0.4, -0.2) is 47.7 Å². The summed E-state index contributed by atoms with van der Waals surface area (Å²) in [4.78, 5) is 11.2. The van der Waals surface area contributed by atoms with Gasteiger partial charge in [0.1, 0.15) is 0 Å². The first-order chi connectivity index (χ1) is 10.9. The lowest BCUT2D eigenvalue weighted by molar-refractivity contribution is 0.0577. The Labute approximate surface area is 148 Å². The lowest BCUT2D eigenvalue weighted by Gasteiger charge is -2.37. The van der Waals surface area contributed by atoms with E-state index in [-0.39, 0.29) is 28.3 Å². The van der Waals surface area contributed by atoms with E-state index in [0.717, 1.165) is 25.9 Å². The fourth-order valence-electron chi connectivity index (χ4n) is 2.77. The second-order valence-corrected chi connectivity index (χ2v) is 7.66. The zero-order valence-electron chi connectivity index (χ0n) is 13.6. The molecule has 1 heterocycles. The SMILES string of the molecule is COCC1(CNS(=O)(=O)c2ccc(C(N)=O)cc2)CCNCC1.Cl. The van der Waals surface area contributed by atoms with E-state index in [2.05, 4.69) is 10.0 Å². The molecule has 4 N–H and O–H groups in total. The molecule has 1 aromatic carbocycles. The molecule has 9 heteroatoms. The maximum atomic E-state index is 12.4. The van der Waals surface area contributed by atoms with Crippen LogP contribution >= 0.6 is 12.4 Å². The number of nitrogens with two attached hydrogens (primary N) is 1. The van der Waals surface area contributed by atoms with E-state index in [1.807, 2.05) is 0 Å². The predicted molar refractivity (Wildman–Crippen MR) is 93.8 cm³/mol. The van der Waals surface area contributed by atoms with Crippen molar-refractivity contribution in [2.75, 3.05) is 33.4 Å². The van der Waals surface area contributed by atoms with Crippen molar-refractivity contribution in [2.45, 2.75) is 17.7 Å². The summed E-state index contributed by atoms with van der Waals surface area (Å²) in [7, 11) is -2.01. The third kappa shape index (κ3) is 5.15. The molecule has 0 aromatic heterocycles. The number of hydrogen-bond donors (Lipinski definition) is 3.